The van der Waals surface area contributed by atoms with Gasteiger partial charge < -0.3 is 9.11 Å². The minimum Gasteiger partial charge on any atom is -0.741 e. The smallest absolute Gasteiger partial charge is 0.741 e. The maximum Gasteiger partial charge on any atom is 2.00 e. The van der Waals surface area contributed by atoms with Crippen molar-refractivity contribution in [3.63, 3.8) is 0 Å². The molecule has 0 N–H and O–H groups in total. The summed E-state index contributed by atoms with van der Waals surface area (Å²) in [7, 11) is -12.2. The number of hydrogen-bond acceptors (Lipinski definition) is 10. The fraction of sp³-hybridized carbons (Fsp3) is 0.333. The topological polar surface area (TPSA) is 166 Å². The third-order valence-electron chi connectivity index (χ3n) is 5.77. The molecule has 10 nitrogen and oxygen atoms in total. The first kappa shape index (κ1) is 49.9. The van der Waals surface area contributed by atoms with E-state index in [0.717, 1.165) is 0 Å². The predicted molar refractivity (Wildman–Crippen MR) is 166 cm³/mol. The van der Waals surface area contributed by atoms with E-state index in [4.69, 9.17) is 25.9 Å². The zero-order chi connectivity index (χ0) is 37.9. The second-order valence-electron chi connectivity index (χ2n) is 9.64. The van der Waals surface area contributed by atoms with Gasteiger partial charge in [0.1, 0.15) is 0 Å². The van der Waals surface area contributed by atoms with Crippen LogP contribution in [0.4, 0.5) is 26.3 Å². The molecule has 0 aliphatic heterocycles. The van der Waals surface area contributed by atoms with Crippen LogP contribution in [0.15, 0.2) is 73.8 Å². The zero-order valence-corrected chi connectivity index (χ0v) is 30.1. The van der Waals surface area contributed by atoms with Gasteiger partial charge in [-0.15, -0.1) is 0 Å². The Balaban J connectivity index is -0.000000516. The number of rotatable bonds is 0. The standard InChI is InChI=1S/4C7H9N.2CHF3O3S.Cu/c4*1-6-3-4-8-5-7(6)2;2*2-1(3,4)8(5,6)7;/h4*3-5H,1-2H3;2*(H,5,6,7);/q;;;;;;+2/p-2. The van der Waals surface area contributed by atoms with Gasteiger partial charge in [-0.2, -0.15) is 26.3 Å². The minimum absolute atomic E-state index is 0. The largest absolute Gasteiger partial charge is 2.00 e. The van der Waals surface area contributed by atoms with Gasteiger partial charge in [0.2, 0.25) is 0 Å². The predicted octanol–water partition coefficient (Wildman–Crippen LogP) is 6.89. The maximum atomic E-state index is 10.7. The zero-order valence-electron chi connectivity index (χ0n) is 27.6. The monoisotopic (exact) mass is 789 g/mol. The molecule has 4 heterocycles. The van der Waals surface area contributed by atoms with Gasteiger partial charge in [-0.3, -0.25) is 19.9 Å². The van der Waals surface area contributed by atoms with Crippen LogP contribution in [0.3, 0.4) is 0 Å². The molecule has 0 atom stereocenters. The number of aryl methyl sites for hydroxylation is 8. The molecule has 0 unspecified atom stereocenters. The van der Waals surface area contributed by atoms with Crippen molar-refractivity contribution in [3.05, 3.63) is 118 Å². The van der Waals surface area contributed by atoms with Crippen LogP contribution < -0.4 is 0 Å². The fourth-order valence-electron chi connectivity index (χ4n) is 2.17. The summed E-state index contributed by atoms with van der Waals surface area (Å²) >= 11 is 0. The summed E-state index contributed by atoms with van der Waals surface area (Å²) < 4.78 is 118. The van der Waals surface area contributed by atoms with Gasteiger partial charge in [0.15, 0.2) is 20.2 Å². The first-order valence-electron chi connectivity index (χ1n) is 13.3. The third kappa shape index (κ3) is 23.5. The van der Waals surface area contributed by atoms with E-state index >= 15 is 0 Å². The van der Waals surface area contributed by atoms with Crippen molar-refractivity contribution in [1.29, 1.82) is 0 Å². The van der Waals surface area contributed by atoms with Crippen LogP contribution in [0.2, 0.25) is 0 Å². The van der Waals surface area contributed by atoms with Gasteiger partial charge in [-0.25, -0.2) is 16.8 Å². The van der Waals surface area contributed by atoms with Crippen LogP contribution in [0.25, 0.3) is 0 Å². The summed E-state index contributed by atoms with van der Waals surface area (Å²) in [4.78, 5) is 15.8. The van der Waals surface area contributed by atoms with Gasteiger partial charge in [-0.1, -0.05) is 0 Å². The minimum atomic E-state index is -6.09. The summed E-state index contributed by atoms with van der Waals surface area (Å²) in [6.45, 7) is 16.6. The van der Waals surface area contributed by atoms with E-state index < -0.39 is 31.3 Å². The van der Waals surface area contributed by atoms with Crippen molar-refractivity contribution in [3.8, 4) is 0 Å². The number of halogens is 6. The molecule has 0 spiro atoms. The van der Waals surface area contributed by atoms with E-state index in [9.17, 15) is 26.3 Å². The molecule has 1 radical (unpaired) electrons. The number of aromatic nitrogens is 4. The van der Waals surface area contributed by atoms with Crippen LogP contribution in [-0.2, 0) is 37.3 Å². The molecule has 277 valence electrons. The van der Waals surface area contributed by atoms with Gasteiger partial charge >= 0.3 is 28.1 Å². The molecule has 0 aliphatic rings. The summed E-state index contributed by atoms with van der Waals surface area (Å²) in [6, 6.07) is 8.04. The average molecular weight is 790 g/mol. The van der Waals surface area contributed by atoms with Crippen LogP contribution in [0.1, 0.15) is 44.5 Å². The average Bonchev–Trinajstić information content (AvgIpc) is 2.95. The van der Waals surface area contributed by atoms with Gasteiger partial charge in [-0.05, 0) is 124 Å². The second kappa shape index (κ2) is 23.0. The molecule has 19 heteroatoms. The normalized spacial score (nSPS) is 10.6. The summed E-state index contributed by atoms with van der Waals surface area (Å²) in [5.41, 5.74) is -1.04. The quantitative estimate of drug-likeness (QED) is 0.0792. The molecule has 0 saturated carbocycles. The summed E-state index contributed by atoms with van der Waals surface area (Å²) in [6.07, 6.45) is 14.7. The summed E-state index contributed by atoms with van der Waals surface area (Å²) in [5, 5.41) is 0. The van der Waals surface area contributed by atoms with Crippen molar-refractivity contribution < 1.29 is 69.4 Å². The Morgan fingerprint density at radius 2 is 0.571 bits per heavy atom. The van der Waals surface area contributed by atoms with Crippen molar-refractivity contribution in [2.45, 2.75) is 66.4 Å². The van der Waals surface area contributed by atoms with Crippen molar-refractivity contribution in [2.75, 3.05) is 0 Å². The first-order chi connectivity index (χ1) is 21.7. The fourth-order valence-corrected chi connectivity index (χ4v) is 2.17. The van der Waals surface area contributed by atoms with Crippen LogP contribution in [0, 0.1) is 55.4 Å². The molecule has 0 fully saturated rings. The molecule has 4 aromatic heterocycles. The van der Waals surface area contributed by atoms with E-state index in [1.807, 2.05) is 73.8 Å². The molecule has 0 saturated heterocycles. The SMILES string of the molecule is Cc1ccncc1C.Cc1ccncc1C.Cc1ccncc1C.Cc1ccncc1C.O=S(=O)([O-])C(F)(F)F.O=S(=O)([O-])C(F)(F)F.[Cu+2]. The first-order valence-corrected chi connectivity index (χ1v) is 16.1. The molecular weight excluding hydrogens is 754 g/mol. The number of alkyl halides is 6. The summed E-state index contributed by atoms with van der Waals surface area (Å²) in [5.74, 6) is 0. The van der Waals surface area contributed by atoms with E-state index in [-0.39, 0.29) is 17.1 Å². The Morgan fingerprint density at radius 3 is 0.633 bits per heavy atom. The Morgan fingerprint density at radius 1 is 0.429 bits per heavy atom. The van der Waals surface area contributed by atoms with Gasteiger partial charge in [0.25, 0.3) is 0 Å². The molecular formula is C30H36CuF6N4O6S2. The van der Waals surface area contributed by atoms with Crippen LogP contribution >= 0.6 is 0 Å². The second-order valence-corrected chi connectivity index (χ2v) is 12.4. The van der Waals surface area contributed by atoms with E-state index in [0.29, 0.717) is 0 Å². The maximum absolute atomic E-state index is 10.7. The molecule has 4 rings (SSSR count). The molecule has 4 aromatic rings. The van der Waals surface area contributed by atoms with Crippen molar-refractivity contribution in [1.82, 2.24) is 19.9 Å². The molecule has 0 amide bonds. The van der Waals surface area contributed by atoms with Gasteiger partial charge in [0, 0.05) is 49.6 Å². The number of hydrogen-bond donors (Lipinski definition) is 0. The number of pyridine rings is 4. The Kier molecular flexibility index (Phi) is 23.4. The number of nitrogens with zero attached hydrogens (tertiary/aromatic N) is 4. The molecule has 49 heavy (non-hydrogen) atoms. The van der Waals surface area contributed by atoms with E-state index in [1.54, 1.807) is 0 Å². The van der Waals surface area contributed by atoms with Crippen LogP contribution in [0.5, 0.6) is 0 Å². The third-order valence-corrected chi connectivity index (χ3v) is 6.90. The van der Waals surface area contributed by atoms with E-state index in [1.165, 1.54) is 44.5 Å². The molecule has 0 bridgehead atoms. The Labute approximate surface area is 293 Å². The molecule has 0 aliphatic carbocycles. The Hall–Kier alpha value is -3.48. The van der Waals surface area contributed by atoms with Gasteiger partial charge in [0.05, 0.1) is 0 Å². The van der Waals surface area contributed by atoms with Crippen molar-refractivity contribution >= 4 is 20.2 Å². The molecule has 0 aromatic carbocycles. The Bertz CT molecular complexity index is 1460. The van der Waals surface area contributed by atoms with Crippen molar-refractivity contribution in [2.24, 2.45) is 0 Å². The van der Waals surface area contributed by atoms with E-state index in [2.05, 4.69) is 75.3 Å². The van der Waals surface area contributed by atoms with Crippen LogP contribution in [-0.4, -0.2) is 56.9 Å².